The molecule has 1 aliphatic rings. The first-order valence-electron chi connectivity index (χ1n) is 11.6. The summed E-state index contributed by atoms with van der Waals surface area (Å²) < 4.78 is -0.379. The molecule has 0 aliphatic heterocycles. The zero-order valence-electron chi connectivity index (χ0n) is 18.7. The summed E-state index contributed by atoms with van der Waals surface area (Å²) >= 11 is 4.16. The molecule has 0 N–H and O–H groups in total. The van der Waals surface area contributed by atoms with Gasteiger partial charge in [0.1, 0.15) is 4.45 Å². The Balaban J connectivity index is 1.47. The molecular weight excluding hydrogens is 478 g/mol. The van der Waals surface area contributed by atoms with Crippen LogP contribution in [0, 0.1) is 0 Å². The van der Waals surface area contributed by atoms with E-state index in [2.05, 4.69) is 154 Å². The number of rotatable bonds is 4. The number of nitrogens with zero attached hydrogens (tertiary/aromatic N) is 1. The molecule has 1 nitrogen and oxygen atoms in total. The zero-order valence-corrected chi connectivity index (χ0v) is 20.3. The van der Waals surface area contributed by atoms with E-state index < -0.39 is 0 Å². The van der Waals surface area contributed by atoms with Crippen molar-refractivity contribution in [1.29, 1.82) is 0 Å². The maximum absolute atomic E-state index is 4.16. The molecule has 1 aliphatic carbocycles. The van der Waals surface area contributed by atoms with E-state index in [0.29, 0.717) is 0 Å². The van der Waals surface area contributed by atoms with E-state index in [4.69, 9.17) is 0 Å². The molecule has 2 heteroatoms. The summed E-state index contributed by atoms with van der Waals surface area (Å²) in [6.07, 6.45) is 7.70. The van der Waals surface area contributed by atoms with Crippen molar-refractivity contribution >= 4 is 54.4 Å². The smallest absolute Gasteiger partial charge is 0.122 e. The minimum Gasteiger partial charge on any atom is -0.322 e. The van der Waals surface area contributed by atoms with Gasteiger partial charge in [0.2, 0.25) is 0 Å². The molecule has 6 rings (SSSR count). The van der Waals surface area contributed by atoms with E-state index in [9.17, 15) is 0 Å². The largest absolute Gasteiger partial charge is 0.322 e. The van der Waals surface area contributed by atoms with Crippen molar-refractivity contribution in [3.63, 3.8) is 0 Å². The van der Waals surface area contributed by atoms with Crippen LogP contribution in [0.15, 0.2) is 133 Å². The van der Waals surface area contributed by atoms with Gasteiger partial charge in [0.25, 0.3) is 0 Å². The van der Waals surface area contributed by atoms with Crippen molar-refractivity contribution in [2.75, 3.05) is 4.90 Å². The van der Waals surface area contributed by atoms with E-state index in [-0.39, 0.29) is 4.45 Å². The molecule has 0 spiro atoms. The number of halogens is 1. The number of anilines is 2. The lowest BCUT2D eigenvalue weighted by Crippen LogP contribution is -2.39. The first kappa shape index (κ1) is 20.9. The standard InChI is InChI=1S/C32H24BrN/c33-32(20-18-27(19-21-32)24-8-2-1-3-9-24)34(30-16-14-25-10-4-6-12-28(25)22-30)31-17-15-26-11-5-7-13-29(26)23-31/h1-20,22-23H,21H2. The average Bonchev–Trinajstić information content (AvgIpc) is 2.89. The Labute approximate surface area is 208 Å². The molecular formula is C32H24BrN. The molecule has 0 amide bonds. The molecule has 0 saturated carbocycles. The molecule has 5 aromatic carbocycles. The van der Waals surface area contributed by atoms with Crippen molar-refractivity contribution < 1.29 is 0 Å². The third-order valence-electron chi connectivity index (χ3n) is 6.59. The van der Waals surface area contributed by atoms with Gasteiger partial charge >= 0.3 is 0 Å². The van der Waals surface area contributed by atoms with Crippen LogP contribution in [0.1, 0.15) is 12.0 Å². The van der Waals surface area contributed by atoms with Crippen LogP contribution in [-0.4, -0.2) is 4.45 Å². The van der Waals surface area contributed by atoms with Gasteiger partial charge in [0, 0.05) is 17.8 Å². The molecule has 1 unspecified atom stereocenters. The number of benzene rings is 5. The fourth-order valence-corrected chi connectivity index (χ4v) is 5.53. The highest BCUT2D eigenvalue weighted by Gasteiger charge is 2.34. The van der Waals surface area contributed by atoms with Crippen LogP contribution in [0.3, 0.4) is 0 Å². The first-order valence-corrected chi connectivity index (χ1v) is 12.4. The topological polar surface area (TPSA) is 3.24 Å². The number of allylic oxidation sites excluding steroid dienone is 2. The molecule has 0 aromatic heterocycles. The maximum atomic E-state index is 4.16. The number of hydrogen-bond donors (Lipinski definition) is 0. The second kappa shape index (κ2) is 8.62. The highest BCUT2D eigenvalue weighted by Crippen LogP contribution is 2.44. The number of hydrogen-bond acceptors (Lipinski definition) is 1. The predicted octanol–water partition coefficient (Wildman–Crippen LogP) is 9.27. The average molecular weight is 502 g/mol. The summed E-state index contributed by atoms with van der Waals surface area (Å²) in [5.74, 6) is 0. The summed E-state index contributed by atoms with van der Waals surface area (Å²) in [7, 11) is 0. The lowest BCUT2D eigenvalue weighted by molar-refractivity contribution is 0.741. The van der Waals surface area contributed by atoms with Gasteiger partial charge in [-0.2, -0.15) is 0 Å². The van der Waals surface area contributed by atoms with Gasteiger partial charge in [0.05, 0.1) is 0 Å². The Bertz CT molecular complexity index is 1470. The third kappa shape index (κ3) is 3.85. The molecule has 0 saturated heterocycles. The Morgan fingerprint density at radius 1 is 0.588 bits per heavy atom. The SMILES string of the molecule is BrC1(N(c2ccc3ccccc3c2)c2ccc3ccccc3c2)C=CC(c2ccccc2)=CC1. The van der Waals surface area contributed by atoms with Gasteiger partial charge in [-0.15, -0.1) is 0 Å². The van der Waals surface area contributed by atoms with Gasteiger partial charge in [-0.25, -0.2) is 0 Å². The molecule has 0 heterocycles. The van der Waals surface area contributed by atoms with Crippen LogP contribution in [0.5, 0.6) is 0 Å². The van der Waals surface area contributed by atoms with Crippen LogP contribution in [0.25, 0.3) is 27.1 Å². The highest BCUT2D eigenvalue weighted by molar-refractivity contribution is 9.10. The van der Waals surface area contributed by atoms with Gasteiger partial charge in [-0.05, 0) is 63.0 Å². The van der Waals surface area contributed by atoms with Crippen molar-refractivity contribution in [2.45, 2.75) is 10.9 Å². The van der Waals surface area contributed by atoms with Gasteiger partial charge in [-0.3, -0.25) is 0 Å². The van der Waals surface area contributed by atoms with Crippen molar-refractivity contribution in [2.24, 2.45) is 0 Å². The van der Waals surface area contributed by atoms with Crippen molar-refractivity contribution in [3.05, 3.63) is 139 Å². The fraction of sp³-hybridized carbons (Fsp3) is 0.0625. The second-order valence-corrected chi connectivity index (χ2v) is 10.2. The summed E-state index contributed by atoms with van der Waals surface area (Å²) in [5, 5.41) is 4.97. The molecule has 164 valence electrons. The summed E-state index contributed by atoms with van der Waals surface area (Å²) in [5.41, 5.74) is 4.82. The highest BCUT2D eigenvalue weighted by atomic mass is 79.9. The van der Waals surface area contributed by atoms with Gasteiger partial charge in [0.15, 0.2) is 0 Å². The van der Waals surface area contributed by atoms with Crippen LogP contribution < -0.4 is 4.90 Å². The Hall–Kier alpha value is -3.62. The second-order valence-electron chi connectivity index (χ2n) is 8.78. The maximum Gasteiger partial charge on any atom is 0.122 e. The van der Waals surface area contributed by atoms with E-state index in [0.717, 1.165) is 17.8 Å². The lowest BCUT2D eigenvalue weighted by Gasteiger charge is -2.41. The van der Waals surface area contributed by atoms with Crippen molar-refractivity contribution in [1.82, 2.24) is 0 Å². The van der Waals surface area contributed by atoms with Gasteiger partial charge in [-0.1, -0.05) is 119 Å². The molecule has 1 atom stereocenters. The number of alkyl halides is 1. The van der Waals surface area contributed by atoms with Crippen LogP contribution in [0.2, 0.25) is 0 Å². The van der Waals surface area contributed by atoms with E-state index in [1.165, 1.54) is 32.7 Å². The summed E-state index contributed by atoms with van der Waals surface area (Å²) in [4.78, 5) is 2.42. The quantitative estimate of drug-likeness (QED) is 0.175. The third-order valence-corrected chi connectivity index (χ3v) is 7.53. The Morgan fingerprint density at radius 2 is 1.12 bits per heavy atom. The van der Waals surface area contributed by atoms with Gasteiger partial charge < -0.3 is 4.90 Å². The van der Waals surface area contributed by atoms with Crippen LogP contribution in [-0.2, 0) is 0 Å². The summed E-state index contributed by atoms with van der Waals surface area (Å²) in [6.45, 7) is 0. The monoisotopic (exact) mass is 501 g/mol. The van der Waals surface area contributed by atoms with Crippen LogP contribution >= 0.6 is 15.9 Å². The Morgan fingerprint density at radius 3 is 1.65 bits per heavy atom. The molecule has 0 fully saturated rings. The molecule has 34 heavy (non-hydrogen) atoms. The molecule has 0 radical (unpaired) electrons. The normalized spacial score (nSPS) is 17.6. The van der Waals surface area contributed by atoms with Crippen LogP contribution in [0.4, 0.5) is 11.4 Å². The lowest BCUT2D eigenvalue weighted by atomic mass is 9.95. The fourth-order valence-electron chi connectivity index (χ4n) is 4.83. The molecule has 5 aromatic rings. The number of fused-ring (bicyclic) bond motifs is 2. The van der Waals surface area contributed by atoms with Crippen molar-refractivity contribution in [3.8, 4) is 0 Å². The summed E-state index contributed by atoms with van der Waals surface area (Å²) in [6, 6.07) is 41.1. The van der Waals surface area contributed by atoms with E-state index in [1.54, 1.807) is 0 Å². The first-order chi connectivity index (χ1) is 16.7. The zero-order chi connectivity index (χ0) is 23.0. The predicted molar refractivity (Wildman–Crippen MR) is 150 cm³/mol. The minimum atomic E-state index is -0.379. The Kier molecular flexibility index (Phi) is 5.31. The minimum absolute atomic E-state index is 0.379. The molecule has 0 bridgehead atoms. The van der Waals surface area contributed by atoms with E-state index >= 15 is 0 Å². The van der Waals surface area contributed by atoms with E-state index in [1.807, 2.05) is 0 Å².